The van der Waals surface area contributed by atoms with E-state index in [1.54, 1.807) is 60.7 Å². The maximum Gasteiger partial charge on any atom is 0.271 e. The molecule has 0 saturated carbocycles. The van der Waals surface area contributed by atoms with Gasteiger partial charge in [-0.05, 0) is 30.3 Å². The van der Waals surface area contributed by atoms with E-state index in [1.165, 1.54) is 24.3 Å². The standard InChI is InChI=1S/C27H16ClN3O5/c28-19-14-16(31(35)36)10-11-20(19)29-21-12-13-22(30-27(34)15-6-2-1-3-7-15)24-23(21)25(32)17-8-4-5-9-18(17)26(24)33/h1-14,29H,(H,30,34). The van der Waals surface area contributed by atoms with Gasteiger partial charge < -0.3 is 10.6 Å². The molecule has 0 radical (unpaired) electrons. The summed E-state index contributed by atoms with van der Waals surface area (Å²) in [5, 5.41) is 16.9. The third kappa shape index (κ3) is 3.99. The molecule has 0 saturated heterocycles. The highest BCUT2D eigenvalue weighted by Crippen LogP contribution is 2.39. The zero-order valence-electron chi connectivity index (χ0n) is 18.4. The maximum atomic E-state index is 13.6. The van der Waals surface area contributed by atoms with E-state index < -0.39 is 22.4 Å². The number of carbonyl (C=O) groups excluding carboxylic acids is 3. The SMILES string of the molecule is O=C(Nc1ccc(Nc2ccc([N+](=O)[O-])cc2Cl)c2c1C(=O)c1ccccc1C2=O)c1ccccc1. The molecule has 2 N–H and O–H groups in total. The number of nitrogens with one attached hydrogen (secondary N) is 2. The molecule has 4 aromatic rings. The van der Waals surface area contributed by atoms with Crippen LogP contribution >= 0.6 is 11.6 Å². The molecule has 9 heteroatoms. The molecular weight excluding hydrogens is 482 g/mol. The minimum absolute atomic E-state index is 0.0472. The van der Waals surface area contributed by atoms with Gasteiger partial charge in [-0.25, -0.2) is 0 Å². The summed E-state index contributed by atoms with van der Waals surface area (Å²) in [6.45, 7) is 0. The lowest BCUT2D eigenvalue weighted by Crippen LogP contribution is -2.25. The van der Waals surface area contributed by atoms with Gasteiger partial charge in [0.15, 0.2) is 11.6 Å². The summed E-state index contributed by atoms with van der Waals surface area (Å²) in [5.41, 5.74) is 1.55. The number of nitro benzene ring substituents is 1. The Hall–Kier alpha value is -4.82. The molecule has 1 aliphatic carbocycles. The third-order valence-electron chi connectivity index (χ3n) is 5.79. The van der Waals surface area contributed by atoms with Crippen LogP contribution in [0.25, 0.3) is 0 Å². The number of anilines is 3. The molecule has 0 spiro atoms. The quantitative estimate of drug-likeness (QED) is 0.226. The topological polar surface area (TPSA) is 118 Å². The molecule has 0 bridgehead atoms. The number of ketones is 2. The molecule has 8 nitrogen and oxygen atoms in total. The van der Waals surface area contributed by atoms with E-state index in [-0.39, 0.29) is 44.3 Å². The van der Waals surface area contributed by atoms with Gasteiger partial charge in [0.25, 0.3) is 11.6 Å². The number of fused-ring (bicyclic) bond motifs is 2. The van der Waals surface area contributed by atoms with Crippen LogP contribution in [-0.4, -0.2) is 22.4 Å². The minimum atomic E-state index is -0.569. The van der Waals surface area contributed by atoms with Gasteiger partial charge in [0.05, 0.1) is 38.1 Å². The highest BCUT2D eigenvalue weighted by Gasteiger charge is 2.34. The Bertz CT molecular complexity index is 1580. The number of halogens is 1. The van der Waals surface area contributed by atoms with E-state index >= 15 is 0 Å². The van der Waals surface area contributed by atoms with Gasteiger partial charge in [0.1, 0.15) is 0 Å². The molecule has 0 aliphatic heterocycles. The van der Waals surface area contributed by atoms with Crippen LogP contribution in [0.3, 0.4) is 0 Å². The highest BCUT2D eigenvalue weighted by atomic mass is 35.5. The third-order valence-corrected chi connectivity index (χ3v) is 6.11. The first-order chi connectivity index (χ1) is 17.3. The summed E-state index contributed by atoms with van der Waals surface area (Å²) in [6.07, 6.45) is 0. The van der Waals surface area contributed by atoms with E-state index in [0.717, 1.165) is 0 Å². The highest BCUT2D eigenvalue weighted by molar-refractivity contribution is 6.34. The smallest absolute Gasteiger partial charge is 0.271 e. The summed E-state index contributed by atoms with van der Waals surface area (Å²) >= 11 is 6.24. The summed E-state index contributed by atoms with van der Waals surface area (Å²) in [6, 6.07) is 21.9. The van der Waals surface area contributed by atoms with Crippen molar-refractivity contribution in [3.05, 3.63) is 128 Å². The predicted octanol–water partition coefficient (Wildman–Crippen LogP) is 6.02. The summed E-state index contributed by atoms with van der Waals surface area (Å²) < 4.78 is 0. The fourth-order valence-electron chi connectivity index (χ4n) is 4.08. The Kier molecular flexibility index (Phi) is 5.79. The van der Waals surface area contributed by atoms with E-state index in [2.05, 4.69) is 10.6 Å². The van der Waals surface area contributed by atoms with Crippen molar-refractivity contribution in [2.45, 2.75) is 0 Å². The van der Waals surface area contributed by atoms with Crippen LogP contribution in [0.1, 0.15) is 42.2 Å². The number of non-ortho nitro benzene ring substituents is 1. The average Bonchev–Trinajstić information content (AvgIpc) is 2.89. The van der Waals surface area contributed by atoms with E-state index in [9.17, 15) is 24.5 Å². The normalized spacial score (nSPS) is 11.9. The van der Waals surface area contributed by atoms with E-state index in [4.69, 9.17) is 11.6 Å². The molecule has 1 aliphatic rings. The van der Waals surface area contributed by atoms with Crippen molar-refractivity contribution in [2.24, 2.45) is 0 Å². The lowest BCUT2D eigenvalue weighted by Gasteiger charge is -2.24. The van der Waals surface area contributed by atoms with Gasteiger partial charge in [0.2, 0.25) is 0 Å². The van der Waals surface area contributed by atoms with E-state index in [1.807, 2.05) is 0 Å². The Balaban J connectivity index is 1.63. The second-order valence-electron chi connectivity index (χ2n) is 7.98. The lowest BCUT2D eigenvalue weighted by atomic mass is 9.82. The van der Waals surface area contributed by atoms with Crippen LogP contribution in [0.5, 0.6) is 0 Å². The Morgan fingerprint density at radius 3 is 1.92 bits per heavy atom. The first kappa shape index (κ1) is 22.9. The first-order valence-corrected chi connectivity index (χ1v) is 11.2. The lowest BCUT2D eigenvalue weighted by molar-refractivity contribution is -0.384. The van der Waals surface area contributed by atoms with Crippen LogP contribution in [0, 0.1) is 10.1 Å². The fraction of sp³-hybridized carbons (Fsp3) is 0. The molecule has 0 heterocycles. The summed E-state index contributed by atoms with van der Waals surface area (Å²) in [5.74, 6) is -1.26. The molecule has 176 valence electrons. The van der Waals surface area contributed by atoms with Gasteiger partial charge in [-0.1, -0.05) is 54.1 Å². The Morgan fingerprint density at radius 2 is 1.31 bits per heavy atom. The average molecular weight is 498 g/mol. The second-order valence-corrected chi connectivity index (χ2v) is 8.39. The van der Waals surface area contributed by atoms with Crippen molar-refractivity contribution >= 4 is 51.8 Å². The van der Waals surface area contributed by atoms with Crippen LogP contribution < -0.4 is 10.6 Å². The van der Waals surface area contributed by atoms with Crippen molar-refractivity contribution in [3.63, 3.8) is 0 Å². The van der Waals surface area contributed by atoms with Gasteiger partial charge in [-0.15, -0.1) is 0 Å². The maximum absolute atomic E-state index is 13.6. The number of benzene rings is 4. The molecule has 5 rings (SSSR count). The molecule has 36 heavy (non-hydrogen) atoms. The van der Waals surface area contributed by atoms with Crippen molar-refractivity contribution in [1.82, 2.24) is 0 Å². The zero-order valence-corrected chi connectivity index (χ0v) is 19.2. The molecule has 4 aromatic carbocycles. The number of amides is 1. The van der Waals surface area contributed by atoms with Crippen LogP contribution in [0.4, 0.5) is 22.7 Å². The number of carbonyl (C=O) groups is 3. The fourth-order valence-corrected chi connectivity index (χ4v) is 4.30. The molecule has 0 unspecified atom stereocenters. The van der Waals surface area contributed by atoms with Crippen molar-refractivity contribution in [3.8, 4) is 0 Å². The largest absolute Gasteiger partial charge is 0.354 e. The number of hydrogen-bond acceptors (Lipinski definition) is 6. The van der Waals surface area contributed by atoms with Gasteiger partial charge in [0, 0.05) is 28.8 Å². The molecule has 1 amide bonds. The predicted molar refractivity (Wildman–Crippen MR) is 136 cm³/mol. The summed E-state index contributed by atoms with van der Waals surface area (Å²) in [7, 11) is 0. The van der Waals surface area contributed by atoms with Crippen molar-refractivity contribution in [2.75, 3.05) is 10.6 Å². The molecule has 0 fully saturated rings. The molecule has 0 atom stereocenters. The van der Waals surface area contributed by atoms with E-state index in [0.29, 0.717) is 11.3 Å². The van der Waals surface area contributed by atoms with Crippen LogP contribution in [0.15, 0.2) is 84.9 Å². The van der Waals surface area contributed by atoms with Crippen LogP contribution in [-0.2, 0) is 0 Å². The second kappa shape index (κ2) is 9.09. The molecular formula is C27H16ClN3O5. The van der Waals surface area contributed by atoms with Gasteiger partial charge >= 0.3 is 0 Å². The van der Waals surface area contributed by atoms with Gasteiger partial charge in [-0.2, -0.15) is 0 Å². The number of hydrogen-bond donors (Lipinski definition) is 2. The number of rotatable bonds is 5. The van der Waals surface area contributed by atoms with Crippen molar-refractivity contribution < 1.29 is 19.3 Å². The van der Waals surface area contributed by atoms with Gasteiger partial charge in [-0.3, -0.25) is 24.5 Å². The number of nitrogens with zero attached hydrogens (tertiary/aromatic N) is 1. The number of nitro groups is 1. The van der Waals surface area contributed by atoms with Crippen molar-refractivity contribution in [1.29, 1.82) is 0 Å². The monoisotopic (exact) mass is 497 g/mol. The summed E-state index contributed by atoms with van der Waals surface area (Å²) in [4.78, 5) is 50.5. The Labute approximate surface area is 209 Å². The minimum Gasteiger partial charge on any atom is -0.354 e. The molecule has 0 aromatic heterocycles. The van der Waals surface area contributed by atoms with Crippen LogP contribution in [0.2, 0.25) is 5.02 Å². The first-order valence-electron chi connectivity index (χ1n) is 10.8. The zero-order chi connectivity index (χ0) is 25.4. The Morgan fingerprint density at radius 1 is 0.750 bits per heavy atom.